The van der Waals surface area contributed by atoms with E-state index in [4.69, 9.17) is 4.74 Å². The van der Waals surface area contributed by atoms with Gasteiger partial charge in [0.05, 0.1) is 24.7 Å². The van der Waals surface area contributed by atoms with E-state index in [-0.39, 0.29) is 29.3 Å². The van der Waals surface area contributed by atoms with Crippen LogP contribution in [0.25, 0.3) is 11.0 Å². The molecule has 0 bridgehead atoms. The van der Waals surface area contributed by atoms with Gasteiger partial charge in [-0.2, -0.15) is 0 Å². The van der Waals surface area contributed by atoms with Gasteiger partial charge in [0, 0.05) is 38.9 Å². The quantitative estimate of drug-likeness (QED) is 0.332. The van der Waals surface area contributed by atoms with Gasteiger partial charge < -0.3 is 24.8 Å². The molecular weight excluding hydrogens is 534 g/mol. The third-order valence-corrected chi connectivity index (χ3v) is 8.45. The second-order valence-corrected chi connectivity index (χ2v) is 11.2. The van der Waals surface area contributed by atoms with Crippen molar-refractivity contribution in [2.75, 3.05) is 20.2 Å². The smallest absolute Gasteiger partial charge is 0.250 e. The number of nitrogens with one attached hydrogen (secondary N) is 2. The summed E-state index contributed by atoms with van der Waals surface area (Å²) in [7, 11) is 3.48. The predicted octanol–water partition coefficient (Wildman–Crippen LogP) is 1.82. The van der Waals surface area contributed by atoms with Crippen LogP contribution in [0, 0.1) is 5.92 Å². The van der Waals surface area contributed by atoms with E-state index in [9.17, 15) is 14.4 Å². The van der Waals surface area contributed by atoms with Crippen molar-refractivity contribution in [3.63, 3.8) is 0 Å². The molecular formula is C31H35N7O4. The van der Waals surface area contributed by atoms with Crippen molar-refractivity contribution in [1.82, 2.24) is 35.1 Å². The standard InChI is InChI=1S/C31H35N7O4/c1-36-27-11-8-21(14-25(27)34-35-36)17-33-30(40)28-15-22(13-20-6-9-24(42-2)10-7-20)19-38(28)31(41)26-16-23(18-32-26)37-12-4-3-5-29(37)39/h3-12,14,22-23,26,28,32H,13,15-19H2,1-2H3,(H,33,40)/t22-,23-,26-,28+/m1/s1. The number of carbonyl (C=O) groups is 2. The largest absolute Gasteiger partial charge is 0.497 e. The van der Waals surface area contributed by atoms with E-state index >= 15 is 0 Å². The average molecular weight is 570 g/mol. The Morgan fingerprint density at radius 1 is 1.07 bits per heavy atom. The zero-order valence-electron chi connectivity index (χ0n) is 23.8. The number of pyridine rings is 1. The molecule has 0 saturated carbocycles. The van der Waals surface area contributed by atoms with Gasteiger partial charge in [-0.05, 0) is 66.6 Å². The van der Waals surface area contributed by atoms with Gasteiger partial charge in [-0.25, -0.2) is 4.68 Å². The van der Waals surface area contributed by atoms with Crippen LogP contribution in [0.1, 0.15) is 30.0 Å². The molecule has 0 aliphatic carbocycles. The molecule has 4 heterocycles. The summed E-state index contributed by atoms with van der Waals surface area (Å²) >= 11 is 0. The number of rotatable bonds is 8. The van der Waals surface area contributed by atoms with E-state index in [1.54, 1.807) is 33.5 Å². The van der Waals surface area contributed by atoms with Gasteiger partial charge in [-0.1, -0.05) is 29.5 Å². The maximum absolute atomic E-state index is 13.9. The molecule has 6 rings (SSSR count). The molecule has 2 amide bonds. The summed E-state index contributed by atoms with van der Waals surface area (Å²) in [5.74, 6) is 0.648. The van der Waals surface area contributed by atoms with Crippen molar-refractivity contribution in [2.45, 2.75) is 43.9 Å². The first-order valence-electron chi connectivity index (χ1n) is 14.3. The van der Waals surface area contributed by atoms with E-state index in [2.05, 4.69) is 20.9 Å². The van der Waals surface area contributed by atoms with E-state index in [1.807, 2.05) is 55.6 Å². The van der Waals surface area contributed by atoms with Crippen LogP contribution in [-0.4, -0.2) is 68.6 Å². The highest BCUT2D eigenvalue weighted by Gasteiger charge is 2.43. The van der Waals surface area contributed by atoms with Crippen molar-refractivity contribution in [2.24, 2.45) is 13.0 Å². The second kappa shape index (κ2) is 11.8. The number of amides is 2. The van der Waals surface area contributed by atoms with Crippen LogP contribution in [0.2, 0.25) is 0 Å². The molecule has 2 saturated heterocycles. The Balaban J connectivity index is 1.17. The summed E-state index contributed by atoms with van der Waals surface area (Å²) in [5.41, 5.74) is 3.64. The Hall–Kier alpha value is -4.51. The van der Waals surface area contributed by atoms with Crippen LogP contribution in [0.5, 0.6) is 5.75 Å². The summed E-state index contributed by atoms with van der Waals surface area (Å²) in [6, 6.07) is 17.6. The van der Waals surface area contributed by atoms with E-state index < -0.39 is 12.1 Å². The average Bonchev–Trinajstić information content (AvgIpc) is 3.75. The Labute approximate surface area is 243 Å². The van der Waals surface area contributed by atoms with Crippen LogP contribution < -0.4 is 20.9 Å². The number of aromatic nitrogens is 4. The SMILES string of the molecule is COc1ccc(C[C@@H]2C[C@@H](C(=O)NCc3ccc4c(c3)nnn4C)N(C(=O)[C@H]3C[C@@H](n4ccccc4=O)CN3)C2)cc1. The third kappa shape index (κ3) is 5.64. The molecule has 0 radical (unpaired) electrons. The molecule has 2 aliphatic heterocycles. The number of likely N-dealkylation sites (tertiary alicyclic amines) is 1. The number of hydrogen-bond acceptors (Lipinski definition) is 7. The molecule has 218 valence electrons. The molecule has 42 heavy (non-hydrogen) atoms. The fourth-order valence-electron chi connectivity index (χ4n) is 6.22. The number of aryl methyl sites for hydroxylation is 1. The van der Waals surface area contributed by atoms with Crippen molar-refractivity contribution in [3.05, 3.63) is 88.3 Å². The lowest BCUT2D eigenvalue weighted by Gasteiger charge is -2.27. The topological polar surface area (TPSA) is 123 Å². The van der Waals surface area contributed by atoms with Crippen molar-refractivity contribution < 1.29 is 14.3 Å². The van der Waals surface area contributed by atoms with E-state index in [0.29, 0.717) is 32.5 Å². The van der Waals surface area contributed by atoms with Crippen molar-refractivity contribution in [1.29, 1.82) is 0 Å². The summed E-state index contributed by atoms with van der Waals surface area (Å²) in [5, 5.41) is 14.6. The maximum Gasteiger partial charge on any atom is 0.250 e. The van der Waals surface area contributed by atoms with Gasteiger partial charge in [-0.3, -0.25) is 14.4 Å². The van der Waals surface area contributed by atoms with E-state index in [0.717, 1.165) is 34.3 Å². The first-order chi connectivity index (χ1) is 20.4. The number of carbonyl (C=O) groups excluding carboxylic acids is 2. The Morgan fingerprint density at radius 2 is 1.88 bits per heavy atom. The number of benzene rings is 2. The zero-order chi connectivity index (χ0) is 29.2. The molecule has 4 aromatic rings. The Morgan fingerprint density at radius 3 is 2.67 bits per heavy atom. The van der Waals surface area contributed by atoms with Crippen molar-refractivity contribution >= 4 is 22.8 Å². The van der Waals surface area contributed by atoms with Gasteiger partial charge in [0.25, 0.3) is 5.56 Å². The van der Waals surface area contributed by atoms with Gasteiger partial charge in [0.15, 0.2) is 0 Å². The normalized spacial score (nSPS) is 22.0. The summed E-state index contributed by atoms with van der Waals surface area (Å²) in [6.45, 7) is 1.33. The summed E-state index contributed by atoms with van der Waals surface area (Å²) in [6.07, 6.45) is 3.58. The highest BCUT2D eigenvalue weighted by Crippen LogP contribution is 2.30. The summed E-state index contributed by atoms with van der Waals surface area (Å²) < 4.78 is 8.67. The number of ether oxygens (including phenoxy) is 1. The number of hydrogen-bond donors (Lipinski definition) is 2. The zero-order valence-corrected chi connectivity index (χ0v) is 23.8. The highest BCUT2D eigenvalue weighted by molar-refractivity contribution is 5.90. The number of nitrogens with zero attached hydrogens (tertiary/aromatic N) is 5. The van der Waals surface area contributed by atoms with Gasteiger partial charge >= 0.3 is 0 Å². The molecule has 0 spiro atoms. The first kappa shape index (κ1) is 27.6. The second-order valence-electron chi connectivity index (χ2n) is 11.2. The maximum atomic E-state index is 13.9. The lowest BCUT2D eigenvalue weighted by Crippen LogP contribution is -2.51. The lowest BCUT2D eigenvalue weighted by molar-refractivity contribution is -0.139. The third-order valence-electron chi connectivity index (χ3n) is 8.45. The Bertz CT molecular complexity index is 1650. The fourth-order valence-corrected chi connectivity index (χ4v) is 6.22. The molecule has 11 nitrogen and oxygen atoms in total. The molecule has 11 heteroatoms. The lowest BCUT2D eigenvalue weighted by atomic mass is 9.96. The highest BCUT2D eigenvalue weighted by atomic mass is 16.5. The van der Waals surface area contributed by atoms with Crippen LogP contribution in [0.15, 0.2) is 71.7 Å². The number of fused-ring (bicyclic) bond motifs is 1. The first-order valence-corrected chi connectivity index (χ1v) is 14.3. The summed E-state index contributed by atoms with van der Waals surface area (Å²) in [4.78, 5) is 41.6. The minimum Gasteiger partial charge on any atom is -0.497 e. The van der Waals surface area contributed by atoms with Crippen LogP contribution in [0.4, 0.5) is 0 Å². The molecule has 2 aromatic heterocycles. The van der Waals surface area contributed by atoms with Gasteiger partial charge in [0.2, 0.25) is 11.8 Å². The molecule has 4 atom stereocenters. The molecule has 2 fully saturated rings. The van der Waals surface area contributed by atoms with Crippen LogP contribution >= 0.6 is 0 Å². The predicted molar refractivity (Wildman–Crippen MR) is 157 cm³/mol. The van der Waals surface area contributed by atoms with E-state index in [1.165, 1.54) is 6.07 Å². The number of methoxy groups -OCH3 is 1. The van der Waals surface area contributed by atoms with Crippen molar-refractivity contribution in [3.8, 4) is 5.75 Å². The van der Waals surface area contributed by atoms with Gasteiger partial charge in [0.1, 0.15) is 17.3 Å². The molecule has 2 aliphatic rings. The minimum atomic E-state index is -0.582. The molecule has 0 unspecified atom stereocenters. The monoisotopic (exact) mass is 569 g/mol. The Kier molecular flexibility index (Phi) is 7.75. The minimum absolute atomic E-state index is 0.0879. The van der Waals surface area contributed by atoms with Gasteiger partial charge in [-0.15, -0.1) is 5.10 Å². The van der Waals surface area contributed by atoms with Crippen LogP contribution in [-0.2, 0) is 29.6 Å². The fraction of sp³-hybridized carbons (Fsp3) is 0.387. The van der Waals surface area contributed by atoms with Crippen LogP contribution in [0.3, 0.4) is 0 Å². The molecule has 2 N–H and O–H groups in total. The molecule has 2 aromatic carbocycles.